The Kier molecular flexibility index (Phi) is 26.1. The van der Waals surface area contributed by atoms with E-state index in [1.165, 1.54) is 5.56 Å². The van der Waals surface area contributed by atoms with Crippen molar-refractivity contribution in [3.8, 4) is 5.75 Å². The van der Waals surface area contributed by atoms with Gasteiger partial charge in [-0.15, -0.1) is 0 Å². The number of benzene rings is 2. The number of para-hydroxylation sites is 1. The number of carbonyl (C=O) groups is 1. The normalized spacial score (nSPS) is 8.76. The van der Waals surface area contributed by atoms with Gasteiger partial charge in [0.2, 0.25) is 5.91 Å². The minimum absolute atomic E-state index is 0. The van der Waals surface area contributed by atoms with E-state index in [1.54, 1.807) is 0 Å². The van der Waals surface area contributed by atoms with Crippen LogP contribution in [0.5, 0.6) is 5.75 Å². The molecule has 0 aliphatic carbocycles. The van der Waals surface area contributed by atoms with Gasteiger partial charge in [0.15, 0.2) is 0 Å². The Hall–Kier alpha value is -1.23. The van der Waals surface area contributed by atoms with Crippen molar-refractivity contribution in [3.63, 3.8) is 0 Å². The van der Waals surface area contributed by atoms with Crippen LogP contribution in [0.15, 0.2) is 60.7 Å². The fraction of sp³-hybridized carbons (Fsp3) is 0.458. The smallest absolute Gasteiger partial charge is 0.234 e. The van der Waals surface area contributed by atoms with E-state index in [1.807, 2.05) is 50.2 Å². The van der Waals surface area contributed by atoms with Crippen molar-refractivity contribution in [1.82, 2.24) is 10.6 Å². The fourth-order valence-electron chi connectivity index (χ4n) is 2.03. The van der Waals surface area contributed by atoms with E-state index >= 15 is 0 Å². The molecule has 0 bridgehead atoms. The van der Waals surface area contributed by atoms with E-state index < -0.39 is 0 Å². The van der Waals surface area contributed by atoms with E-state index in [-0.39, 0.29) is 73.5 Å². The number of ether oxygens (including phenoxy) is 1. The summed E-state index contributed by atoms with van der Waals surface area (Å²) in [4.78, 5) is 11.2. The van der Waals surface area contributed by atoms with Crippen LogP contribution in [0.1, 0.15) is 61.5 Å². The zero-order valence-electron chi connectivity index (χ0n) is 16.2. The van der Waals surface area contributed by atoms with E-state index in [0.29, 0.717) is 12.6 Å². The zero-order valence-corrected chi connectivity index (χ0v) is 19.1. The van der Waals surface area contributed by atoms with Gasteiger partial charge in [0.1, 0.15) is 12.5 Å². The van der Waals surface area contributed by atoms with Crippen molar-refractivity contribution in [3.05, 3.63) is 66.2 Å². The third kappa shape index (κ3) is 18.5. The quantitative estimate of drug-likeness (QED) is 0.387. The van der Waals surface area contributed by atoms with Crippen LogP contribution in [0.2, 0.25) is 0 Å². The van der Waals surface area contributed by atoms with Gasteiger partial charge in [-0.05, 0) is 37.5 Å². The topological polar surface area (TPSA) is 50.4 Å². The number of nitrogens with one attached hydrogen (secondary N) is 2. The molecule has 4 nitrogen and oxygen atoms in total. The molecular formula is C24H42N2O2Y. The van der Waals surface area contributed by atoms with Crippen LogP contribution in [-0.2, 0) is 37.5 Å². The van der Waals surface area contributed by atoms with Gasteiger partial charge in [-0.2, -0.15) is 0 Å². The molecule has 0 aliphatic rings. The van der Waals surface area contributed by atoms with Crippen LogP contribution in [0.4, 0.5) is 0 Å². The first-order valence-corrected chi connectivity index (χ1v) is 8.72. The van der Waals surface area contributed by atoms with Crippen molar-refractivity contribution in [1.29, 1.82) is 0 Å². The predicted octanol–water partition coefficient (Wildman–Crippen LogP) is 5.85. The summed E-state index contributed by atoms with van der Waals surface area (Å²) in [5, 5.41) is 5.69. The van der Waals surface area contributed by atoms with Gasteiger partial charge in [-0.3, -0.25) is 10.1 Å². The van der Waals surface area contributed by atoms with Crippen LogP contribution in [0.25, 0.3) is 0 Å². The standard InChI is InChI=1S/C12H18N2O2.C9H12.3CH4.Y/c1-10(2)14-12(15)8-13-9-16-11-6-4-3-5-7-11;1-8(2)9-6-4-3-5-7-9;;;;/h3-7,10,13H,8-9H2,1-2H3,(H,14,15);3-8H,1-2H3;3*1H4;. The molecule has 1 amide bonds. The minimum atomic E-state index is -0.0216. The summed E-state index contributed by atoms with van der Waals surface area (Å²) in [7, 11) is 0. The molecule has 163 valence electrons. The molecule has 0 fully saturated rings. The molecule has 0 saturated carbocycles. The number of hydrogen-bond donors (Lipinski definition) is 2. The second kappa shape index (κ2) is 21.5. The molecule has 0 aromatic heterocycles. The second-order valence-electron chi connectivity index (χ2n) is 6.32. The summed E-state index contributed by atoms with van der Waals surface area (Å²) in [5.74, 6) is 1.43. The molecule has 0 saturated heterocycles. The third-order valence-corrected chi connectivity index (χ3v) is 3.29. The van der Waals surface area contributed by atoms with E-state index in [2.05, 4.69) is 48.7 Å². The number of carbonyl (C=O) groups excluding carboxylic acids is 1. The molecule has 5 heteroatoms. The van der Waals surface area contributed by atoms with Crippen molar-refractivity contribution < 1.29 is 42.2 Å². The first kappa shape index (κ1) is 35.2. The summed E-state index contributed by atoms with van der Waals surface area (Å²) >= 11 is 0. The molecule has 0 heterocycles. The number of rotatable bonds is 7. The van der Waals surface area contributed by atoms with Crippen LogP contribution >= 0.6 is 0 Å². The Morgan fingerprint density at radius 2 is 1.34 bits per heavy atom. The molecular weight excluding hydrogens is 437 g/mol. The molecule has 0 spiro atoms. The Balaban J connectivity index is -0.000000210. The maximum absolute atomic E-state index is 11.2. The maximum atomic E-state index is 11.2. The van der Waals surface area contributed by atoms with Crippen molar-refractivity contribution in [2.75, 3.05) is 13.3 Å². The van der Waals surface area contributed by atoms with Crippen LogP contribution < -0.4 is 15.4 Å². The summed E-state index contributed by atoms with van der Waals surface area (Å²) < 4.78 is 5.37. The molecule has 0 aliphatic heterocycles. The van der Waals surface area contributed by atoms with Crippen LogP contribution in [-0.4, -0.2) is 25.2 Å². The van der Waals surface area contributed by atoms with Gasteiger partial charge >= 0.3 is 0 Å². The largest absolute Gasteiger partial charge is 0.478 e. The first-order chi connectivity index (χ1) is 12.0. The van der Waals surface area contributed by atoms with Gasteiger partial charge in [-0.1, -0.05) is 84.7 Å². The summed E-state index contributed by atoms with van der Waals surface area (Å²) in [6, 6.07) is 20.2. The summed E-state index contributed by atoms with van der Waals surface area (Å²) in [6.45, 7) is 8.86. The zero-order chi connectivity index (χ0) is 18.5. The average molecular weight is 480 g/mol. The Morgan fingerprint density at radius 1 is 0.862 bits per heavy atom. The van der Waals surface area contributed by atoms with E-state index in [0.717, 1.165) is 5.75 Å². The summed E-state index contributed by atoms with van der Waals surface area (Å²) in [5.41, 5.74) is 1.41. The van der Waals surface area contributed by atoms with Crippen molar-refractivity contribution in [2.24, 2.45) is 0 Å². The molecule has 2 rings (SSSR count). The van der Waals surface area contributed by atoms with Crippen molar-refractivity contribution in [2.45, 2.75) is 61.9 Å². The Bertz CT molecular complexity index is 590. The van der Waals surface area contributed by atoms with Crippen LogP contribution in [0, 0.1) is 0 Å². The monoisotopic (exact) mass is 479 g/mol. The number of amides is 1. The molecule has 0 atom stereocenters. The van der Waals surface area contributed by atoms with Gasteiger partial charge in [0.05, 0.1) is 6.54 Å². The number of hydrogen-bond acceptors (Lipinski definition) is 3. The average Bonchev–Trinajstić information content (AvgIpc) is 2.60. The molecule has 1 radical (unpaired) electrons. The molecule has 2 aromatic rings. The fourth-order valence-corrected chi connectivity index (χ4v) is 2.03. The Morgan fingerprint density at radius 3 is 1.76 bits per heavy atom. The second-order valence-corrected chi connectivity index (χ2v) is 6.32. The maximum Gasteiger partial charge on any atom is 0.234 e. The minimum Gasteiger partial charge on any atom is -0.478 e. The summed E-state index contributed by atoms with van der Waals surface area (Å²) in [6.07, 6.45) is 0. The Labute approximate surface area is 205 Å². The predicted molar refractivity (Wildman–Crippen MR) is 124 cm³/mol. The van der Waals surface area contributed by atoms with Crippen molar-refractivity contribution >= 4 is 5.91 Å². The molecule has 2 aromatic carbocycles. The van der Waals surface area contributed by atoms with E-state index in [4.69, 9.17) is 4.74 Å². The SMILES string of the molecule is C.C.C.CC(C)NC(=O)CNCOc1ccccc1.CC(C)c1ccccc1.[Y]. The van der Waals surface area contributed by atoms with Crippen LogP contribution in [0.3, 0.4) is 0 Å². The van der Waals surface area contributed by atoms with Gasteiger partial charge in [0.25, 0.3) is 0 Å². The van der Waals surface area contributed by atoms with Gasteiger partial charge in [-0.25, -0.2) is 0 Å². The molecule has 2 N–H and O–H groups in total. The molecule has 0 unspecified atom stereocenters. The van der Waals surface area contributed by atoms with Gasteiger partial charge < -0.3 is 10.1 Å². The third-order valence-electron chi connectivity index (χ3n) is 3.29. The van der Waals surface area contributed by atoms with Gasteiger partial charge in [0, 0.05) is 38.8 Å². The molecule has 29 heavy (non-hydrogen) atoms. The first-order valence-electron chi connectivity index (χ1n) is 8.72. The van der Waals surface area contributed by atoms with E-state index in [9.17, 15) is 4.79 Å².